The number of carboxylic acid groups (broad SMARTS) is 1. The van der Waals surface area contributed by atoms with Crippen molar-refractivity contribution < 1.29 is 20.1 Å². The zero-order valence-corrected chi connectivity index (χ0v) is 7.06. The Kier molecular flexibility index (Phi) is 2.53. The molecular weight excluding hydrogens is 172 g/mol. The van der Waals surface area contributed by atoms with E-state index in [1.165, 1.54) is 25.1 Å². The van der Waals surface area contributed by atoms with Gasteiger partial charge in [-0.15, -0.1) is 0 Å². The van der Waals surface area contributed by atoms with Crippen LogP contribution >= 0.6 is 0 Å². The summed E-state index contributed by atoms with van der Waals surface area (Å²) >= 11 is 0. The number of aliphatic hydroxyl groups is 1. The lowest BCUT2D eigenvalue weighted by molar-refractivity contribution is 0.0693. The first kappa shape index (κ1) is 9.54. The van der Waals surface area contributed by atoms with Crippen LogP contribution in [-0.4, -0.2) is 21.3 Å². The number of aromatic hydroxyl groups is 1. The van der Waals surface area contributed by atoms with Crippen molar-refractivity contribution in [3.05, 3.63) is 29.3 Å². The highest BCUT2D eigenvalue weighted by Gasteiger charge is 2.11. The van der Waals surface area contributed by atoms with Crippen LogP contribution in [-0.2, 0) is 0 Å². The van der Waals surface area contributed by atoms with Crippen molar-refractivity contribution >= 4 is 5.97 Å². The van der Waals surface area contributed by atoms with Crippen LogP contribution in [0.5, 0.6) is 5.75 Å². The molecule has 1 aromatic rings. The van der Waals surface area contributed by atoms with Gasteiger partial charge < -0.3 is 15.3 Å². The van der Waals surface area contributed by atoms with Crippen molar-refractivity contribution in [2.75, 3.05) is 0 Å². The molecule has 1 unspecified atom stereocenters. The van der Waals surface area contributed by atoms with E-state index >= 15 is 0 Å². The van der Waals surface area contributed by atoms with Crippen LogP contribution in [0.15, 0.2) is 18.2 Å². The Morgan fingerprint density at radius 1 is 1.46 bits per heavy atom. The average molecular weight is 182 g/mol. The zero-order valence-electron chi connectivity index (χ0n) is 7.06. The molecule has 4 nitrogen and oxygen atoms in total. The molecular formula is C9H10O4. The molecule has 0 saturated carbocycles. The first-order chi connectivity index (χ1) is 6.02. The van der Waals surface area contributed by atoms with Crippen molar-refractivity contribution in [1.82, 2.24) is 0 Å². The van der Waals surface area contributed by atoms with Gasteiger partial charge in [-0.05, 0) is 24.6 Å². The molecule has 0 bridgehead atoms. The largest absolute Gasteiger partial charge is 0.507 e. The molecule has 1 atom stereocenters. The Balaban J connectivity index is 3.19. The van der Waals surface area contributed by atoms with E-state index in [2.05, 4.69) is 0 Å². The standard InChI is InChI=1S/C9H10O4/c1-5(10)6-2-3-8(11)7(4-6)9(12)13/h2-5,10-11H,1H3,(H,12,13). The molecule has 3 N–H and O–H groups in total. The van der Waals surface area contributed by atoms with Crippen molar-refractivity contribution in [2.24, 2.45) is 0 Å². The van der Waals surface area contributed by atoms with Gasteiger partial charge in [-0.1, -0.05) is 6.07 Å². The highest BCUT2D eigenvalue weighted by molar-refractivity contribution is 5.90. The molecule has 0 saturated heterocycles. The number of hydrogen-bond acceptors (Lipinski definition) is 3. The number of aliphatic hydroxyl groups excluding tert-OH is 1. The van der Waals surface area contributed by atoms with Crippen LogP contribution in [0.25, 0.3) is 0 Å². The van der Waals surface area contributed by atoms with Gasteiger partial charge in [-0.2, -0.15) is 0 Å². The number of benzene rings is 1. The van der Waals surface area contributed by atoms with Crippen LogP contribution < -0.4 is 0 Å². The van der Waals surface area contributed by atoms with Crippen LogP contribution in [0.1, 0.15) is 28.9 Å². The first-order valence-corrected chi connectivity index (χ1v) is 3.76. The van der Waals surface area contributed by atoms with Gasteiger partial charge in [0.2, 0.25) is 0 Å². The summed E-state index contributed by atoms with van der Waals surface area (Å²) in [5.41, 5.74) is 0.272. The Bertz CT molecular complexity index is 330. The van der Waals surface area contributed by atoms with Crippen molar-refractivity contribution in [3.63, 3.8) is 0 Å². The van der Waals surface area contributed by atoms with Gasteiger partial charge in [0.15, 0.2) is 0 Å². The summed E-state index contributed by atoms with van der Waals surface area (Å²) < 4.78 is 0. The Hall–Kier alpha value is -1.55. The van der Waals surface area contributed by atoms with Crippen LogP contribution in [0.4, 0.5) is 0 Å². The van der Waals surface area contributed by atoms with Gasteiger partial charge >= 0.3 is 5.97 Å². The second kappa shape index (κ2) is 3.45. The molecule has 0 amide bonds. The maximum absolute atomic E-state index is 10.6. The summed E-state index contributed by atoms with van der Waals surface area (Å²) in [6.07, 6.45) is -0.737. The minimum atomic E-state index is -1.21. The predicted molar refractivity (Wildman–Crippen MR) is 45.7 cm³/mol. The Labute approximate surface area is 75.1 Å². The third kappa shape index (κ3) is 1.97. The van der Waals surface area contributed by atoms with E-state index in [9.17, 15) is 4.79 Å². The zero-order chi connectivity index (χ0) is 10.0. The normalized spacial score (nSPS) is 12.5. The fraction of sp³-hybridized carbons (Fsp3) is 0.222. The van der Waals surface area contributed by atoms with Gasteiger partial charge in [-0.3, -0.25) is 0 Å². The third-order valence-corrected chi connectivity index (χ3v) is 1.73. The van der Waals surface area contributed by atoms with E-state index in [1.54, 1.807) is 0 Å². The van der Waals surface area contributed by atoms with E-state index in [4.69, 9.17) is 15.3 Å². The lowest BCUT2D eigenvalue weighted by Gasteiger charge is -2.06. The van der Waals surface area contributed by atoms with Crippen molar-refractivity contribution in [3.8, 4) is 5.75 Å². The summed E-state index contributed by atoms with van der Waals surface area (Å²) in [4.78, 5) is 10.6. The number of carboxylic acids is 1. The molecule has 1 aromatic carbocycles. The molecule has 4 heteroatoms. The monoisotopic (exact) mass is 182 g/mol. The fourth-order valence-electron chi connectivity index (χ4n) is 0.985. The lowest BCUT2D eigenvalue weighted by atomic mass is 10.1. The number of carbonyl (C=O) groups is 1. The molecule has 13 heavy (non-hydrogen) atoms. The van der Waals surface area contributed by atoms with E-state index in [-0.39, 0.29) is 11.3 Å². The third-order valence-electron chi connectivity index (χ3n) is 1.73. The second-order valence-corrected chi connectivity index (χ2v) is 2.76. The quantitative estimate of drug-likeness (QED) is 0.641. The topological polar surface area (TPSA) is 77.8 Å². The maximum atomic E-state index is 10.6. The number of hydrogen-bond donors (Lipinski definition) is 3. The first-order valence-electron chi connectivity index (χ1n) is 3.76. The van der Waals surface area contributed by atoms with E-state index in [0.717, 1.165) is 0 Å². The highest BCUT2D eigenvalue weighted by Crippen LogP contribution is 2.21. The van der Waals surface area contributed by atoms with Crippen molar-refractivity contribution in [2.45, 2.75) is 13.0 Å². The molecule has 0 radical (unpaired) electrons. The Morgan fingerprint density at radius 2 is 2.08 bits per heavy atom. The molecule has 70 valence electrons. The van der Waals surface area contributed by atoms with E-state index in [0.29, 0.717) is 5.56 Å². The predicted octanol–water partition coefficient (Wildman–Crippen LogP) is 1.14. The van der Waals surface area contributed by atoms with E-state index < -0.39 is 12.1 Å². The molecule has 0 aliphatic carbocycles. The highest BCUT2D eigenvalue weighted by atomic mass is 16.4. The van der Waals surface area contributed by atoms with Gasteiger partial charge in [0.05, 0.1) is 6.10 Å². The number of aromatic carboxylic acids is 1. The maximum Gasteiger partial charge on any atom is 0.339 e. The molecule has 0 heterocycles. The van der Waals surface area contributed by atoms with Crippen LogP contribution in [0.3, 0.4) is 0 Å². The van der Waals surface area contributed by atoms with Crippen LogP contribution in [0, 0.1) is 0 Å². The molecule has 0 aliphatic heterocycles. The SMILES string of the molecule is CC(O)c1ccc(O)c(C(=O)O)c1. The fourth-order valence-corrected chi connectivity index (χ4v) is 0.985. The number of rotatable bonds is 2. The van der Waals surface area contributed by atoms with Gasteiger partial charge in [0.1, 0.15) is 11.3 Å². The van der Waals surface area contributed by atoms with E-state index in [1.807, 2.05) is 0 Å². The molecule has 0 fully saturated rings. The molecule has 0 spiro atoms. The molecule has 0 aliphatic rings. The van der Waals surface area contributed by atoms with Crippen molar-refractivity contribution in [1.29, 1.82) is 0 Å². The number of phenols is 1. The average Bonchev–Trinajstić information content (AvgIpc) is 2.04. The lowest BCUT2D eigenvalue weighted by Crippen LogP contribution is -1.99. The summed E-state index contributed by atoms with van der Waals surface area (Å²) in [7, 11) is 0. The molecule has 0 aromatic heterocycles. The summed E-state index contributed by atoms with van der Waals surface area (Å²) in [6, 6.07) is 3.99. The summed E-state index contributed by atoms with van der Waals surface area (Å²) in [6.45, 7) is 1.53. The minimum absolute atomic E-state index is 0.196. The minimum Gasteiger partial charge on any atom is -0.507 e. The Morgan fingerprint density at radius 3 is 2.54 bits per heavy atom. The second-order valence-electron chi connectivity index (χ2n) is 2.76. The summed E-state index contributed by atoms with van der Waals surface area (Å²) in [5, 5.41) is 26.9. The van der Waals surface area contributed by atoms with Gasteiger partial charge in [0.25, 0.3) is 0 Å². The smallest absolute Gasteiger partial charge is 0.339 e. The van der Waals surface area contributed by atoms with Gasteiger partial charge in [-0.25, -0.2) is 4.79 Å². The molecule has 1 rings (SSSR count). The van der Waals surface area contributed by atoms with Gasteiger partial charge in [0, 0.05) is 0 Å². The summed E-state index contributed by atoms with van der Waals surface area (Å²) in [5.74, 6) is -1.50. The van der Waals surface area contributed by atoms with Crippen LogP contribution in [0.2, 0.25) is 0 Å².